The molecular formula is C9H19N3O. The summed E-state index contributed by atoms with van der Waals surface area (Å²) in [7, 11) is 0. The molecule has 4 nitrogen and oxygen atoms in total. The fourth-order valence-corrected chi connectivity index (χ4v) is 1.55. The van der Waals surface area contributed by atoms with Crippen LogP contribution in [0.15, 0.2) is 0 Å². The van der Waals surface area contributed by atoms with Crippen LogP contribution < -0.4 is 16.4 Å². The molecule has 0 aliphatic carbocycles. The van der Waals surface area contributed by atoms with E-state index in [0.717, 1.165) is 25.9 Å². The standard InChI is InChI=1S/C9H19N3O/c1-7(10)6-9(13)12-8-2-4-11-5-3-8/h7-8,11H,2-6,10H2,1H3,(H,12,13). The predicted octanol–water partition coefficient (Wildman–Crippen LogP) is -0.408. The second-order valence-corrected chi connectivity index (χ2v) is 3.77. The number of hydrogen-bond donors (Lipinski definition) is 3. The van der Waals surface area contributed by atoms with Gasteiger partial charge in [-0.25, -0.2) is 0 Å². The van der Waals surface area contributed by atoms with Gasteiger partial charge in [0.05, 0.1) is 0 Å². The number of carbonyl (C=O) groups excluding carboxylic acids is 1. The quantitative estimate of drug-likeness (QED) is 0.560. The topological polar surface area (TPSA) is 67.2 Å². The van der Waals surface area contributed by atoms with Crippen molar-refractivity contribution >= 4 is 5.91 Å². The lowest BCUT2D eigenvalue weighted by Gasteiger charge is -2.23. The number of nitrogens with two attached hydrogens (primary N) is 1. The number of carbonyl (C=O) groups is 1. The fraction of sp³-hybridized carbons (Fsp3) is 0.889. The maximum Gasteiger partial charge on any atom is 0.221 e. The largest absolute Gasteiger partial charge is 0.353 e. The smallest absolute Gasteiger partial charge is 0.221 e. The normalized spacial score (nSPS) is 21.1. The van der Waals surface area contributed by atoms with Crippen molar-refractivity contribution < 1.29 is 4.79 Å². The zero-order valence-corrected chi connectivity index (χ0v) is 8.18. The van der Waals surface area contributed by atoms with Gasteiger partial charge >= 0.3 is 0 Å². The molecule has 0 aromatic heterocycles. The van der Waals surface area contributed by atoms with E-state index in [-0.39, 0.29) is 11.9 Å². The van der Waals surface area contributed by atoms with Crippen LogP contribution in [-0.4, -0.2) is 31.1 Å². The van der Waals surface area contributed by atoms with Crippen LogP contribution in [0.2, 0.25) is 0 Å². The summed E-state index contributed by atoms with van der Waals surface area (Å²) in [5.74, 6) is 0.0851. The minimum atomic E-state index is -0.0401. The molecule has 76 valence electrons. The Kier molecular flexibility index (Phi) is 4.18. The van der Waals surface area contributed by atoms with Crippen LogP contribution in [0, 0.1) is 0 Å². The Morgan fingerprint density at radius 1 is 1.62 bits per heavy atom. The lowest BCUT2D eigenvalue weighted by Crippen LogP contribution is -2.43. The van der Waals surface area contributed by atoms with E-state index in [9.17, 15) is 4.79 Å². The zero-order chi connectivity index (χ0) is 9.68. The first-order chi connectivity index (χ1) is 6.18. The molecule has 0 saturated carbocycles. The first kappa shape index (κ1) is 10.5. The number of hydrogen-bond acceptors (Lipinski definition) is 3. The summed E-state index contributed by atoms with van der Waals surface area (Å²) in [6, 6.07) is 0.314. The molecule has 1 unspecified atom stereocenters. The summed E-state index contributed by atoms with van der Waals surface area (Å²) < 4.78 is 0. The van der Waals surface area contributed by atoms with Crippen molar-refractivity contribution in [2.75, 3.05) is 13.1 Å². The summed E-state index contributed by atoms with van der Waals surface area (Å²) in [5.41, 5.74) is 5.53. The van der Waals surface area contributed by atoms with Gasteiger partial charge in [0.25, 0.3) is 0 Å². The van der Waals surface area contributed by atoms with Crippen molar-refractivity contribution in [3.05, 3.63) is 0 Å². The van der Waals surface area contributed by atoms with Crippen molar-refractivity contribution in [1.29, 1.82) is 0 Å². The second-order valence-electron chi connectivity index (χ2n) is 3.77. The Labute approximate surface area is 79.3 Å². The Bertz CT molecular complexity index is 164. The van der Waals surface area contributed by atoms with Gasteiger partial charge in [0.15, 0.2) is 0 Å². The molecule has 4 heteroatoms. The lowest BCUT2D eigenvalue weighted by atomic mass is 10.1. The third kappa shape index (κ3) is 4.24. The van der Waals surface area contributed by atoms with E-state index < -0.39 is 0 Å². The van der Waals surface area contributed by atoms with E-state index >= 15 is 0 Å². The number of amides is 1. The molecule has 1 saturated heterocycles. The van der Waals surface area contributed by atoms with Crippen LogP contribution >= 0.6 is 0 Å². The highest BCUT2D eigenvalue weighted by Crippen LogP contribution is 2.02. The van der Waals surface area contributed by atoms with Crippen LogP contribution in [0.1, 0.15) is 26.2 Å². The van der Waals surface area contributed by atoms with Crippen molar-refractivity contribution in [3.8, 4) is 0 Å². The molecule has 13 heavy (non-hydrogen) atoms. The lowest BCUT2D eigenvalue weighted by molar-refractivity contribution is -0.122. The molecule has 1 aliphatic rings. The first-order valence-electron chi connectivity index (χ1n) is 4.94. The van der Waals surface area contributed by atoms with Gasteiger partial charge in [-0.15, -0.1) is 0 Å². The van der Waals surface area contributed by atoms with Crippen molar-refractivity contribution in [2.24, 2.45) is 5.73 Å². The van der Waals surface area contributed by atoms with E-state index in [1.54, 1.807) is 0 Å². The van der Waals surface area contributed by atoms with Gasteiger partial charge in [0, 0.05) is 18.5 Å². The molecule has 1 atom stereocenters. The third-order valence-electron chi connectivity index (χ3n) is 2.21. The summed E-state index contributed by atoms with van der Waals surface area (Å²) in [4.78, 5) is 11.3. The summed E-state index contributed by atoms with van der Waals surface area (Å²) >= 11 is 0. The third-order valence-corrected chi connectivity index (χ3v) is 2.21. The van der Waals surface area contributed by atoms with Crippen molar-refractivity contribution in [1.82, 2.24) is 10.6 Å². The molecule has 1 fully saturated rings. The maximum atomic E-state index is 11.3. The molecule has 0 spiro atoms. The minimum absolute atomic E-state index is 0.0401. The van der Waals surface area contributed by atoms with Gasteiger partial charge in [0.2, 0.25) is 5.91 Å². The summed E-state index contributed by atoms with van der Waals surface area (Å²) in [6.45, 7) is 3.86. The second kappa shape index (κ2) is 5.19. The fourth-order valence-electron chi connectivity index (χ4n) is 1.55. The van der Waals surface area contributed by atoms with Crippen LogP contribution in [0.4, 0.5) is 0 Å². The summed E-state index contributed by atoms with van der Waals surface area (Å²) in [6.07, 6.45) is 2.50. The van der Waals surface area contributed by atoms with Crippen molar-refractivity contribution in [2.45, 2.75) is 38.3 Å². The highest BCUT2D eigenvalue weighted by Gasteiger charge is 2.15. The molecule has 1 amide bonds. The number of rotatable bonds is 3. The van der Waals surface area contributed by atoms with Crippen LogP contribution in [0.25, 0.3) is 0 Å². The average Bonchev–Trinajstić information content (AvgIpc) is 2.04. The van der Waals surface area contributed by atoms with Crippen LogP contribution in [0.3, 0.4) is 0 Å². The zero-order valence-electron chi connectivity index (χ0n) is 8.18. The maximum absolute atomic E-state index is 11.3. The molecule has 1 aliphatic heterocycles. The van der Waals surface area contributed by atoms with Gasteiger partial charge in [-0.2, -0.15) is 0 Å². The average molecular weight is 185 g/mol. The molecule has 4 N–H and O–H groups in total. The SMILES string of the molecule is CC(N)CC(=O)NC1CCNCC1. The Balaban J connectivity index is 2.18. The Morgan fingerprint density at radius 3 is 2.77 bits per heavy atom. The molecule has 1 rings (SSSR count). The first-order valence-corrected chi connectivity index (χ1v) is 4.94. The Hall–Kier alpha value is -0.610. The Morgan fingerprint density at radius 2 is 2.23 bits per heavy atom. The van der Waals surface area contributed by atoms with Gasteiger partial charge in [0.1, 0.15) is 0 Å². The molecule has 0 aromatic rings. The molecule has 0 aromatic carbocycles. The minimum Gasteiger partial charge on any atom is -0.353 e. The predicted molar refractivity (Wildman–Crippen MR) is 52.3 cm³/mol. The molecule has 0 bridgehead atoms. The van der Waals surface area contributed by atoms with E-state index in [2.05, 4.69) is 10.6 Å². The van der Waals surface area contributed by atoms with E-state index in [4.69, 9.17) is 5.73 Å². The van der Waals surface area contributed by atoms with E-state index in [0.29, 0.717) is 12.5 Å². The molecular weight excluding hydrogens is 166 g/mol. The highest BCUT2D eigenvalue weighted by atomic mass is 16.1. The molecule has 0 radical (unpaired) electrons. The van der Waals surface area contributed by atoms with E-state index in [1.807, 2.05) is 6.92 Å². The summed E-state index contributed by atoms with van der Waals surface area (Å²) in [5, 5.41) is 6.24. The highest BCUT2D eigenvalue weighted by molar-refractivity contribution is 5.76. The van der Waals surface area contributed by atoms with Crippen LogP contribution in [-0.2, 0) is 4.79 Å². The monoisotopic (exact) mass is 185 g/mol. The number of nitrogens with one attached hydrogen (secondary N) is 2. The number of piperidine rings is 1. The van der Waals surface area contributed by atoms with Crippen LogP contribution in [0.5, 0.6) is 0 Å². The van der Waals surface area contributed by atoms with Gasteiger partial charge in [-0.05, 0) is 32.9 Å². The van der Waals surface area contributed by atoms with E-state index in [1.165, 1.54) is 0 Å². The molecule has 1 heterocycles. The van der Waals surface area contributed by atoms with Gasteiger partial charge < -0.3 is 16.4 Å². The van der Waals surface area contributed by atoms with Crippen molar-refractivity contribution in [3.63, 3.8) is 0 Å². The van der Waals surface area contributed by atoms with Gasteiger partial charge in [-0.1, -0.05) is 0 Å². The van der Waals surface area contributed by atoms with Gasteiger partial charge in [-0.3, -0.25) is 4.79 Å².